The van der Waals surface area contributed by atoms with Crippen molar-refractivity contribution in [1.29, 1.82) is 0 Å². The van der Waals surface area contributed by atoms with Crippen molar-refractivity contribution in [2.75, 3.05) is 13.1 Å². The van der Waals surface area contributed by atoms with Crippen LogP contribution in [0.15, 0.2) is 5.28 Å². The van der Waals surface area contributed by atoms with E-state index in [2.05, 4.69) is 31.1 Å². The van der Waals surface area contributed by atoms with Gasteiger partial charge in [-0.15, -0.1) is 5.01 Å². The summed E-state index contributed by atoms with van der Waals surface area (Å²) in [5, 5.41) is 16.0. The Labute approximate surface area is 78.5 Å². The molecule has 1 aliphatic heterocycles. The molecule has 0 aromatic heterocycles. The first kappa shape index (κ1) is 10.1. The summed E-state index contributed by atoms with van der Waals surface area (Å²) >= 11 is 0. The van der Waals surface area contributed by atoms with Gasteiger partial charge >= 0.3 is 0 Å². The summed E-state index contributed by atoms with van der Waals surface area (Å²) in [7, 11) is 3.02. The van der Waals surface area contributed by atoms with Gasteiger partial charge < -0.3 is 10.0 Å². The molecule has 1 rings (SSSR count). The highest BCUT2D eigenvalue weighted by Gasteiger charge is 2.26. The first-order valence-corrected chi connectivity index (χ1v) is 4.47. The van der Waals surface area contributed by atoms with Crippen LogP contribution >= 0.6 is 0 Å². The van der Waals surface area contributed by atoms with Gasteiger partial charge in [-0.3, -0.25) is 0 Å². The lowest BCUT2D eigenvalue weighted by atomic mass is 9.93. The Bertz CT molecular complexity index is 186. The molecule has 13 heavy (non-hydrogen) atoms. The Morgan fingerprint density at radius 1 is 1.46 bits per heavy atom. The number of piperidine rings is 1. The van der Waals surface area contributed by atoms with E-state index in [9.17, 15) is 5.21 Å². The van der Waals surface area contributed by atoms with Crippen LogP contribution in [-0.2, 0) is 4.84 Å². The molecule has 5 nitrogen and oxygen atoms in total. The molecule has 1 aliphatic rings. The third kappa shape index (κ3) is 2.75. The predicted octanol–water partition coefficient (Wildman–Crippen LogP) is 1.56. The van der Waals surface area contributed by atoms with Gasteiger partial charge in [-0.25, -0.2) is 0 Å². The van der Waals surface area contributed by atoms with Crippen LogP contribution in [0.2, 0.25) is 0 Å². The largest absolute Gasteiger partial charge is 0.569 e. The number of nitrogens with zero attached hydrogens (tertiary/aromatic N) is 3. The van der Waals surface area contributed by atoms with Gasteiger partial charge in [-0.1, -0.05) is 13.8 Å². The molecule has 0 amide bonds. The highest BCUT2D eigenvalue weighted by atomic mass is 16.7. The van der Waals surface area contributed by atoms with Crippen LogP contribution in [-0.4, -0.2) is 23.1 Å². The van der Waals surface area contributed by atoms with Crippen LogP contribution < -0.4 is 0 Å². The Kier molecular flexibility index (Phi) is 3.33. The second-order valence-corrected chi connectivity index (χ2v) is 3.78. The number of hydrazine groups is 1. The van der Waals surface area contributed by atoms with Crippen molar-refractivity contribution in [2.45, 2.75) is 20.3 Å². The van der Waals surface area contributed by atoms with Crippen LogP contribution in [0, 0.1) is 24.2 Å². The fourth-order valence-corrected chi connectivity index (χ4v) is 1.87. The van der Waals surface area contributed by atoms with E-state index < -0.39 is 0 Å². The van der Waals surface area contributed by atoms with E-state index in [0.29, 0.717) is 16.8 Å². The summed E-state index contributed by atoms with van der Waals surface area (Å²) in [6.07, 6.45) is 1.16. The number of hydrogen-bond donors (Lipinski definition) is 0. The zero-order valence-corrected chi connectivity index (χ0v) is 8.14. The highest BCUT2D eigenvalue weighted by Crippen LogP contribution is 2.20. The number of rotatable bonds is 2. The van der Waals surface area contributed by atoms with Crippen molar-refractivity contribution in [1.82, 2.24) is 5.01 Å². The van der Waals surface area contributed by atoms with E-state index in [-0.39, 0.29) is 0 Å². The SMILES string of the molecule is [CH2]O/N=[N+](\[O-])N1C[C@H](C)C[C@@H](C)C1. The molecule has 0 spiro atoms. The Morgan fingerprint density at radius 2 is 2.00 bits per heavy atom. The summed E-state index contributed by atoms with van der Waals surface area (Å²) in [6.45, 7) is 5.73. The molecule has 0 saturated carbocycles. The van der Waals surface area contributed by atoms with Crippen LogP contribution in [0.5, 0.6) is 0 Å². The molecule has 1 saturated heterocycles. The van der Waals surface area contributed by atoms with Crippen molar-refractivity contribution in [2.24, 2.45) is 17.1 Å². The van der Waals surface area contributed by atoms with E-state index in [4.69, 9.17) is 0 Å². The minimum atomic E-state index is 0.485. The smallest absolute Gasteiger partial charge is 0.233 e. The molecule has 0 aliphatic carbocycles. The van der Waals surface area contributed by atoms with Crippen LogP contribution in [0.25, 0.3) is 0 Å². The normalized spacial score (nSPS) is 30.4. The van der Waals surface area contributed by atoms with Crippen molar-refractivity contribution >= 4 is 0 Å². The van der Waals surface area contributed by atoms with Gasteiger partial charge in [0.15, 0.2) is 7.11 Å². The average Bonchev–Trinajstić information content (AvgIpc) is 2.03. The molecule has 0 bridgehead atoms. The Balaban J connectivity index is 2.54. The molecule has 2 atom stereocenters. The van der Waals surface area contributed by atoms with Crippen molar-refractivity contribution in [3.05, 3.63) is 12.3 Å². The fraction of sp³-hybridized carbons (Fsp3) is 0.875. The maximum absolute atomic E-state index is 11.2. The molecule has 1 heterocycles. The first-order chi connectivity index (χ1) is 6.13. The topological polar surface area (TPSA) is 50.9 Å². The van der Waals surface area contributed by atoms with E-state index in [1.807, 2.05) is 0 Å². The highest BCUT2D eigenvalue weighted by molar-refractivity contribution is 4.69. The summed E-state index contributed by atoms with van der Waals surface area (Å²) in [5.74, 6) is 1.06. The zero-order chi connectivity index (χ0) is 9.84. The first-order valence-electron chi connectivity index (χ1n) is 4.47. The van der Waals surface area contributed by atoms with Gasteiger partial charge in [0, 0.05) is 0 Å². The molecular formula is C8H16N3O2. The second kappa shape index (κ2) is 4.30. The van der Waals surface area contributed by atoms with E-state index in [1.165, 1.54) is 0 Å². The second-order valence-electron chi connectivity index (χ2n) is 3.78. The number of hydrogen-bond acceptors (Lipinski definition) is 3. The third-order valence-electron chi connectivity index (χ3n) is 2.22. The summed E-state index contributed by atoms with van der Waals surface area (Å²) < 4.78 is 0. The van der Waals surface area contributed by atoms with E-state index in [0.717, 1.165) is 19.5 Å². The molecule has 1 radical (unpaired) electrons. The lowest BCUT2D eigenvalue weighted by Crippen LogP contribution is -2.42. The van der Waals surface area contributed by atoms with Gasteiger partial charge in [0.2, 0.25) is 5.28 Å². The molecular weight excluding hydrogens is 170 g/mol. The summed E-state index contributed by atoms with van der Waals surface area (Å²) in [4.78, 5) is 4.66. The van der Waals surface area contributed by atoms with Crippen molar-refractivity contribution < 1.29 is 9.81 Å². The molecule has 0 N–H and O–H groups in total. The average molecular weight is 186 g/mol. The lowest BCUT2D eigenvalue weighted by Gasteiger charge is -2.30. The maximum Gasteiger partial charge on any atom is 0.233 e. The predicted molar refractivity (Wildman–Crippen MR) is 47.0 cm³/mol. The van der Waals surface area contributed by atoms with Gasteiger partial charge in [-0.05, 0) is 18.3 Å². The molecule has 0 aromatic rings. The fourth-order valence-electron chi connectivity index (χ4n) is 1.87. The van der Waals surface area contributed by atoms with E-state index >= 15 is 0 Å². The molecule has 0 aromatic carbocycles. The third-order valence-corrected chi connectivity index (χ3v) is 2.22. The van der Waals surface area contributed by atoms with E-state index in [1.54, 1.807) is 5.01 Å². The van der Waals surface area contributed by atoms with Crippen LogP contribution in [0.1, 0.15) is 20.3 Å². The van der Waals surface area contributed by atoms with Gasteiger partial charge in [-0.2, -0.15) is 0 Å². The molecule has 0 unspecified atom stereocenters. The van der Waals surface area contributed by atoms with Crippen LogP contribution in [0.3, 0.4) is 0 Å². The standard InChI is InChI=1S/C8H16N3O2/c1-7-4-8(2)6-10(5-7)11(12)9-13-3/h7-8H,3-6H2,1-2H3/b11-9-/t7-,8-/m1/s1. The molecule has 5 heteroatoms. The molecule has 1 fully saturated rings. The van der Waals surface area contributed by atoms with Gasteiger partial charge in [0.1, 0.15) is 0 Å². The summed E-state index contributed by atoms with van der Waals surface area (Å²) in [5.41, 5.74) is 0. The quantitative estimate of drug-likeness (QED) is 0.373. The zero-order valence-electron chi connectivity index (χ0n) is 8.14. The van der Waals surface area contributed by atoms with Crippen molar-refractivity contribution in [3.63, 3.8) is 0 Å². The Hall–Kier alpha value is -1.00. The summed E-state index contributed by atoms with van der Waals surface area (Å²) in [6, 6.07) is 0. The monoisotopic (exact) mass is 186 g/mol. The Morgan fingerprint density at radius 3 is 2.46 bits per heavy atom. The molecule has 75 valence electrons. The maximum atomic E-state index is 11.2. The van der Waals surface area contributed by atoms with Gasteiger partial charge in [0.25, 0.3) is 0 Å². The minimum Gasteiger partial charge on any atom is -0.569 e. The van der Waals surface area contributed by atoms with Crippen LogP contribution in [0.4, 0.5) is 0 Å². The minimum absolute atomic E-state index is 0.485. The van der Waals surface area contributed by atoms with Gasteiger partial charge in [0.05, 0.1) is 18.1 Å². The lowest BCUT2D eigenvalue weighted by molar-refractivity contribution is -0.713. The van der Waals surface area contributed by atoms with Crippen molar-refractivity contribution in [3.8, 4) is 0 Å².